The van der Waals surface area contributed by atoms with Gasteiger partial charge in [-0.3, -0.25) is 18.6 Å². The van der Waals surface area contributed by atoms with Crippen molar-refractivity contribution in [2.45, 2.75) is 161 Å². The van der Waals surface area contributed by atoms with Crippen molar-refractivity contribution >= 4 is 19.8 Å². The number of rotatable bonds is 36. The number of carbonyl (C=O) groups excluding carboxylic acids is 2. The molecule has 300 valence electrons. The van der Waals surface area contributed by atoms with E-state index in [2.05, 4.69) is 73.1 Å². The predicted octanol–water partition coefficient (Wildman–Crippen LogP) is 9.94. The smallest absolute Gasteiger partial charge is 0.462 e. The van der Waals surface area contributed by atoms with Gasteiger partial charge in [0.2, 0.25) is 0 Å². The van der Waals surface area contributed by atoms with Crippen molar-refractivity contribution in [1.29, 1.82) is 0 Å². The molecule has 0 aromatic carbocycles. The summed E-state index contributed by atoms with van der Waals surface area (Å²) in [6, 6.07) is 0. The molecule has 0 aromatic heterocycles. The number of ether oxygens (including phenoxy) is 2. The summed E-state index contributed by atoms with van der Waals surface area (Å²) in [4.78, 5) is 34.8. The fourth-order valence-electron chi connectivity index (χ4n) is 4.80. The second-order valence-electron chi connectivity index (χ2n) is 12.9. The van der Waals surface area contributed by atoms with Crippen LogP contribution in [0.5, 0.6) is 0 Å². The Morgan fingerprint density at radius 3 is 1.58 bits per heavy atom. The molecule has 0 radical (unpaired) electrons. The minimum atomic E-state index is -4.63. The molecule has 0 heterocycles. The highest BCUT2D eigenvalue weighted by Gasteiger charge is 2.27. The normalized spacial score (nSPS) is 14.6. The van der Waals surface area contributed by atoms with Gasteiger partial charge in [0.15, 0.2) is 6.10 Å². The van der Waals surface area contributed by atoms with Crippen LogP contribution in [0.2, 0.25) is 0 Å². The van der Waals surface area contributed by atoms with Crippen molar-refractivity contribution in [3.05, 3.63) is 60.8 Å². The Labute approximate surface area is 315 Å². The maximum absolute atomic E-state index is 12.5. The van der Waals surface area contributed by atoms with Crippen LogP contribution in [0.3, 0.4) is 0 Å². The molecule has 0 amide bonds. The van der Waals surface area contributed by atoms with Gasteiger partial charge in [-0.15, -0.1) is 0 Å². The number of phosphoric ester groups is 1. The van der Waals surface area contributed by atoms with E-state index in [4.69, 9.17) is 19.1 Å². The minimum absolute atomic E-state index is 0.160. The summed E-state index contributed by atoms with van der Waals surface area (Å²) in [7, 11) is -4.63. The summed E-state index contributed by atoms with van der Waals surface area (Å²) in [5, 5.41) is 18.3. The molecule has 0 aromatic rings. The van der Waals surface area contributed by atoms with Gasteiger partial charge in [-0.05, 0) is 77.0 Å². The molecule has 0 fully saturated rings. The Balaban J connectivity index is 4.46. The molecular weight excluding hydrogens is 683 g/mol. The zero-order chi connectivity index (χ0) is 38.4. The first-order valence-electron chi connectivity index (χ1n) is 19.7. The van der Waals surface area contributed by atoms with Crippen LogP contribution in [0.1, 0.15) is 149 Å². The number of aliphatic hydroxyl groups is 2. The van der Waals surface area contributed by atoms with E-state index in [1.807, 2.05) is 6.08 Å². The second-order valence-corrected chi connectivity index (χ2v) is 14.4. The summed E-state index contributed by atoms with van der Waals surface area (Å²) in [5.41, 5.74) is 0. The lowest BCUT2D eigenvalue weighted by atomic mass is 10.1. The number of carbonyl (C=O) groups is 2. The van der Waals surface area contributed by atoms with E-state index in [0.29, 0.717) is 19.3 Å². The molecule has 11 heteroatoms. The van der Waals surface area contributed by atoms with Crippen molar-refractivity contribution in [1.82, 2.24) is 0 Å². The molecule has 52 heavy (non-hydrogen) atoms. The largest absolute Gasteiger partial charge is 0.472 e. The van der Waals surface area contributed by atoms with Gasteiger partial charge in [-0.25, -0.2) is 4.57 Å². The van der Waals surface area contributed by atoms with Gasteiger partial charge in [0.25, 0.3) is 0 Å². The minimum Gasteiger partial charge on any atom is -0.462 e. The number of hydrogen-bond donors (Lipinski definition) is 3. The highest BCUT2D eigenvalue weighted by molar-refractivity contribution is 7.47. The van der Waals surface area contributed by atoms with E-state index >= 15 is 0 Å². The first-order valence-corrected chi connectivity index (χ1v) is 21.2. The Morgan fingerprint density at radius 1 is 0.577 bits per heavy atom. The molecular formula is C41H71O10P. The van der Waals surface area contributed by atoms with Crippen LogP contribution in [0.15, 0.2) is 60.8 Å². The average Bonchev–Trinajstić information content (AvgIpc) is 3.13. The molecule has 0 saturated carbocycles. The lowest BCUT2D eigenvalue weighted by molar-refractivity contribution is -0.161. The van der Waals surface area contributed by atoms with Crippen LogP contribution in [0, 0.1) is 0 Å². The first kappa shape index (κ1) is 49.7. The molecule has 0 bridgehead atoms. The van der Waals surface area contributed by atoms with E-state index < -0.39 is 51.8 Å². The van der Waals surface area contributed by atoms with Gasteiger partial charge in [-0.1, -0.05) is 120 Å². The number of unbranched alkanes of at least 4 members (excludes halogenated alkanes) is 12. The maximum Gasteiger partial charge on any atom is 0.472 e. The van der Waals surface area contributed by atoms with Crippen molar-refractivity contribution < 1.29 is 47.8 Å². The van der Waals surface area contributed by atoms with Crippen LogP contribution >= 0.6 is 7.82 Å². The molecule has 3 N–H and O–H groups in total. The number of aliphatic hydroxyl groups excluding tert-OH is 2. The van der Waals surface area contributed by atoms with Gasteiger partial charge in [0, 0.05) is 12.8 Å². The molecule has 0 spiro atoms. The predicted molar refractivity (Wildman–Crippen MR) is 210 cm³/mol. The highest BCUT2D eigenvalue weighted by atomic mass is 31.2. The number of esters is 2. The van der Waals surface area contributed by atoms with E-state index in [9.17, 15) is 24.2 Å². The van der Waals surface area contributed by atoms with Gasteiger partial charge >= 0.3 is 19.8 Å². The maximum atomic E-state index is 12.5. The lowest BCUT2D eigenvalue weighted by Gasteiger charge is -2.20. The Bertz CT molecular complexity index is 1050. The molecule has 0 aliphatic heterocycles. The summed E-state index contributed by atoms with van der Waals surface area (Å²) in [5.74, 6) is -1.01. The monoisotopic (exact) mass is 754 g/mol. The molecule has 0 aliphatic carbocycles. The molecule has 1 unspecified atom stereocenters. The van der Waals surface area contributed by atoms with Gasteiger partial charge in [0.05, 0.1) is 19.8 Å². The van der Waals surface area contributed by atoms with Crippen LogP contribution in [0.4, 0.5) is 0 Å². The van der Waals surface area contributed by atoms with E-state index in [1.165, 1.54) is 38.5 Å². The lowest BCUT2D eigenvalue weighted by Crippen LogP contribution is -2.29. The van der Waals surface area contributed by atoms with Gasteiger partial charge in [-0.2, -0.15) is 0 Å². The molecule has 0 saturated heterocycles. The van der Waals surface area contributed by atoms with Crippen LogP contribution in [-0.2, 0) is 32.7 Å². The van der Waals surface area contributed by atoms with Gasteiger partial charge in [0.1, 0.15) is 12.7 Å². The van der Waals surface area contributed by atoms with E-state index in [0.717, 1.165) is 64.2 Å². The quantitative estimate of drug-likeness (QED) is 0.0244. The Morgan fingerprint density at radius 2 is 1.02 bits per heavy atom. The third kappa shape index (κ3) is 36.0. The number of phosphoric acid groups is 1. The zero-order valence-corrected chi connectivity index (χ0v) is 33.1. The van der Waals surface area contributed by atoms with E-state index in [-0.39, 0.29) is 19.4 Å². The number of hydrogen-bond acceptors (Lipinski definition) is 9. The first-order chi connectivity index (χ1) is 25.2. The number of allylic oxidation sites excluding steroid dienone is 10. The van der Waals surface area contributed by atoms with Gasteiger partial charge < -0.3 is 24.6 Å². The molecule has 3 atom stereocenters. The average molecular weight is 755 g/mol. The van der Waals surface area contributed by atoms with E-state index in [1.54, 1.807) is 0 Å². The van der Waals surface area contributed by atoms with Crippen LogP contribution in [0.25, 0.3) is 0 Å². The molecule has 10 nitrogen and oxygen atoms in total. The Hall–Kier alpha value is -2.33. The highest BCUT2D eigenvalue weighted by Crippen LogP contribution is 2.43. The standard InChI is InChI=1S/C41H71O10P/c1-3-5-7-9-11-13-15-17-18-19-20-21-23-24-26-28-30-32-40(44)48-36-39(37-50-52(46,47)49-35-38(43)34-42)51-41(45)33-31-29-27-25-22-16-14-12-10-8-6-4-2/h11-14,17-18,20-21,24,26,38-39,42-43H,3-10,15-16,19,22-23,25,27-37H2,1-2H3,(H,46,47)/b13-11+,14-12+,18-17+,21-20+,26-24+/t38-,39+/m1/s1. The third-order valence-electron chi connectivity index (χ3n) is 7.89. The summed E-state index contributed by atoms with van der Waals surface area (Å²) in [6.07, 6.45) is 39.1. The topological polar surface area (TPSA) is 149 Å². The fourth-order valence-corrected chi connectivity index (χ4v) is 5.59. The van der Waals surface area contributed by atoms with Crippen molar-refractivity contribution in [3.8, 4) is 0 Å². The van der Waals surface area contributed by atoms with Crippen LogP contribution in [-0.4, -0.2) is 65.7 Å². The van der Waals surface area contributed by atoms with Crippen LogP contribution < -0.4 is 0 Å². The molecule has 0 rings (SSSR count). The Kier molecular flexibility index (Phi) is 35.3. The van der Waals surface area contributed by atoms with Crippen molar-refractivity contribution in [2.24, 2.45) is 0 Å². The summed E-state index contributed by atoms with van der Waals surface area (Å²) < 4.78 is 32.5. The van der Waals surface area contributed by atoms with Crippen molar-refractivity contribution in [3.63, 3.8) is 0 Å². The zero-order valence-electron chi connectivity index (χ0n) is 32.3. The second kappa shape index (κ2) is 37.0. The SMILES string of the molecule is CCCCC/C=C/C/C=C/C/C=C/C/C=C/CCCC(=O)OC[C@@H](COP(=O)(O)OC[C@H](O)CO)OC(=O)CCCCCCC/C=C/CCCCC. The molecule has 0 aliphatic rings. The fraction of sp³-hybridized carbons (Fsp3) is 0.707. The summed E-state index contributed by atoms with van der Waals surface area (Å²) in [6.45, 7) is 2.23. The van der Waals surface area contributed by atoms with Crippen molar-refractivity contribution in [2.75, 3.05) is 26.4 Å². The third-order valence-corrected chi connectivity index (χ3v) is 8.85. The summed E-state index contributed by atoms with van der Waals surface area (Å²) >= 11 is 0.